The van der Waals surface area contributed by atoms with Crippen LogP contribution in [0.15, 0.2) is 167 Å². The Morgan fingerprint density at radius 1 is 0.565 bits per heavy atom. The predicted octanol–water partition coefficient (Wildman–Crippen LogP) is 11.4. The number of aromatic nitrogens is 2. The van der Waals surface area contributed by atoms with Crippen LogP contribution in [0.25, 0.3) is 22.4 Å². The summed E-state index contributed by atoms with van der Waals surface area (Å²) >= 11 is 0. The first-order valence-corrected chi connectivity index (χ1v) is 18.7. The molecule has 316 valence electrons. The Morgan fingerprint density at radius 2 is 1.13 bits per heavy atom. The molecule has 0 saturated heterocycles. The second kappa shape index (κ2) is 15.3. The highest BCUT2D eigenvalue weighted by Gasteiger charge is 2.51. The fraction of sp³-hybridized carbons (Fsp3) is 0.152. The van der Waals surface area contributed by atoms with Crippen LogP contribution in [0.3, 0.4) is 0 Å². The molecule has 0 amide bonds. The van der Waals surface area contributed by atoms with Crippen molar-refractivity contribution < 1.29 is 52.7 Å². The van der Waals surface area contributed by atoms with Crippen LogP contribution in [-0.2, 0) is 18.1 Å². The Morgan fingerprint density at radius 3 is 1.61 bits per heavy atom. The van der Waals surface area contributed by atoms with Crippen LogP contribution in [0.2, 0.25) is 0 Å². The highest BCUT2D eigenvalue weighted by molar-refractivity contribution is 6.54. The maximum absolute atomic E-state index is 15.6. The van der Waals surface area contributed by atoms with Crippen molar-refractivity contribution in [2.75, 3.05) is 0 Å². The molecule has 1 aromatic heterocycles. The van der Waals surface area contributed by atoms with Gasteiger partial charge in [-0.15, -0.1) is 0 Å². The Balaban J connectivity index is 1.68. The van der Waals surface area contributed by atoms with E-state index in [0.29, 0.717) is 18.2 Å². The van der Waals surface area contributed by atoms with Gasteiger partial charge in [0.2, 0.25) is 0 Å². The third-order valence-electron chi connectivity index (χ3n) is 10.3. The van der Waals surface area contributed by atoms with E-state index in [0.717, 1.165) is 4.57 Å². The first kappa shape index (κ1) is 42.0. The summed E-state index contributed by atoms with van der Waals surface area (Å²) in [5.41, 5.74) is -9.00. The summed E-state index contributed by atoms with van der Waals surface area (Å²) in [6.45, 7) is 0. The molecule has 3 aliphatic rings. The predicted molar refractivity (Wildman–Crippen MR) is 209 cm³/mol. The number of hydrogen-bond acceptors (Lipinski definition) is 3. The summed E-state index contributed by atoms with van der Waals surface area (Å²) < 4.78 is 178. The normalized spacial score (nSPS) is 18.6. The highest BCUT2D eigenvalue weighted by Crippen LogP contribution is 2.46. The molecule has 0 atom stereocenters. The van der Waals surface area contributed by atoms with Gasteiger partial charge in [-0.25, -0.2) is 15.0 Å². The second-order valence-electron chi connectivity index (χ2n) is 14.3. The number of hydrogen-bond donors (Lipinski definition) is 0. The standard InChI is InChI=1S/C46H28F12N4/c47-42(48,49)31-21-23-33(35(25-31)44(53,54)55)41-59-39(29-17-9-3-10-18-29)40(30-19-11-4-12-20-30)62(41)46(34-24-22-32(43(50,51)52)26-36(34)45(56,57)58)60-37(27-13-5-1-6-14-27)38(61-46)28-15-7-2-8-16-28/h1-19,21-22,24-26H,20,23H2. The van der Waals surface area contributed by atoms with Gasteiger partial charge in [0.05, 0.1) is 44.7 Å². The number of rotatable bonds is 5. The van der Waals surface area contributed by atoms with Crippen molar-refractivity contribution in [3.05, 3.63) is 195 Å². The lowest BCUT2D eigenvalue weighted by molar-refractivity contribution is -0.144. The smallest absolute Gasteiger partial charge is 0.275 e. The maximum Gasteiger partial charge on any atom is 0.416 e. The third kappa shape index (κ3) is 7.73. The second-order valence-corrected chi connectivity index (χ2v) is 14.3. The summed E-state index contributed by atoms with van der Waals surface area (Å²) in [7, 11) is 0. The van der Waals surface area contributed by atoms with E-state index in [4.69, 9.17) is 9.98 Å². The lowest BCUT2D eigenvalue weighted by Crippen LogP contribution is -2.47. The molecule has 0 radical (unpaired) electrons. The van der Waals surface area contributed by atoms with Crippen molar-refractivity contribution in [2.45, 2.75) is 43.3 Å². The summed E-state index contributed by atoms with van der Waals surface area (Å²) in [6.07, 6.45) is -15.9. The Kier molecular flexibility index (Phi) is 10.4. The van der Waals surface area contributed by atoms with E-state index in [1.807, 2.05) is 0 Å². The molecule has 0 saturated carbocycles. The molecule has 2 heterocycles. The van der Waals surface area contributed by atoms with Crippen molar-refractivity contribution in [3.8, 4) is 11.3 Å². The molecular weight excluding hydrogens is 837 g/mol. The van der Waals surface area contributed by atoms with E-state index >= 15 is 26.3 Å². The van der Waals surface area contributed by atoms with Crippen LogP contribution in [0.4, 0.5) is 52.7 Å². The zero-order valence-electron chi connectivity index (χ0n) is 31.6. The Labute approximate surface area is 344 Å². The molecule has 0 fully saturated rings. The van der Waals surface area contributed by atoms with Crippen LogP contribution >= 0.6 is 0 Å². The molecule has 0 bridgehead atoms. The van der Waals surface area contributed by atoms with Gasteiger partial charge >= 0.3 is 24.7 Å². The molecule has 0 N–H and O–H groups in total. The number of aliphatic imine (C=N–C) groups is 2. The van der Waals surface area contributed by atoms with Gasteiger partial charge in [-0.1, -0.05) is 127 Å². The van der Waals surface area contributed by atoms with Crippen molar-refractivity contribution in [1.29, 1.82) is 0 Å². The van der Waals surface area contributed by atoms with Crippen LogP contribution in [0, 0.1) is 0 Å². The number of benzene rings is 4. The van der Waals surface area contributed by atoms with E-state index in [1.54, 1.807) is 97.1 Å². The summed E-state index contributed by atoms with van der Waals surface area (Å²) in [4.78, 5) is 14.5. The Hall–Kier alpha value is -6.71. The number of nitrogens with zero attached hydrogens (tertiary/aromatic N) is 4. The Bertz CT molecular complexity index is 2820. The highest BCUT2D eigenvalue weighted by atomic mass is 19.4. The molecule has 4 nitrogen and oxygen atoms in total. The number of imidazole rings is 1. The largest absolute Gasteiger partial charge is 0.416 e. The van der Waals surface area contributed by atoms with Gasteiger partial charge in [-0.3, -0.25) is 4.57 Å². The molecule has 62 heavy (non-hydrogen) atoms. The molecule has 5 aromatic rings. The average Bonchev–Trinajstić information content (AvgIpc) is 3.85. The van der Waals surface area contributed by atoms with E-state index < -0.39 is 75.8 Å². The molecule has 2 aliphatic carbocycles. The van der Waals surface area contributed by atoms with E-state index in [-0.39, 0.29) is 63.3 Å². The minimum absolute atomic E-state index is 0.0105. The molecule has 0 spiro atoms. The van der Waals surface area contributed by atoms with Gasteiger partial charge in [0.15, 0.2) is 0 Å². The average molecular weight is 865 g/mol. The topological polar surface area (TPSA) is 42.5 Å². The van der Waals surface area contributed by atoms with Gasteiger partial charge in [-0.2, -0.15) is 52.7 Å². The summed E-state index contributed by atoms with van der Waals surface area (Å²) in [5, 5.41) is -0.145. The van der Waals surface area contributed by atoms with E-state index in [2.05, 4.69) is 4.98 Å². The number of alkyl halides is 12. The van der Waals surface area contributed by atoms with E-state index in [1.165, 1.54) is 18.2 Å². The number of halogens is 12. The first-order chi connectivity index (χ1) is 29.3. The maximum atomic E-state index is 15.6. The van der Waals surface area contributed by atoms with E-state index in [9.17, 15) is 26.3 Å². The lowest BCUT2D eigenvalue weighted by Gasteiger charge is -2.31. The number of allylic oxidation sites excluding steroid dienone is 8. The van der Waals surface area contributed by atoms with Crippen molar-refractivity contribution in [2.24, 2.45) is 9.98 Å². The van der Waals surface area contributed by atoms with Gasteiger partial charge < -0.3 is 0 Å². The fourth-order valence-corrected chi connectivity index (χ4v) is 7.62. The monoisotopic (exact) mass is 864 g/mol. The van der Waals surface area contributed by atoms with Gasteiger partial charge in [0.1, 0.15) is 5.48 Å². The molecule has 0 unspecified atom stereocenters. The zero-order valence-corrected chi connectivity index (χ0v) is 31.6. The van der Waals surface area contributed by atoms with Gasteiger partial charge in [0.25, 0.3) is 5.79 Å². The summed E-state index contributed by atoms with van der Waals surface area (Å²) in [6, 6.07) is 24.4. The van der Waals surface area contributed by atoms with Gasteiger partial charge in [0, 0.05) is 27.8 Å². The van der Waals surface area contributed by atoms with Crippen LogP contribution in [0.1, 0.15) is 40.7 Å². The minimum atomic E-state index is -5.57. The third-order valence-corrected chi connectivity index (χ3v) is 10.3. The molecule has 16 heteroatoms. The first-order valence-electron chi connectivity index (χ1n) is 18.7. The SMILES string of the molecule is FC(F)(F)C1=CCC(=c2nc(-c3ccccc3)c(=C3C=CC=CC3)n2C2(c3ccc(C(F)(F)F)cc3C(F)(F)F)N=C(c3ccccc3)C(c3ccccc3)=N2)C(C(F)(F)F)=C1. The van der Waals surface area contributed by atoms with Crippen LogP contribution < -0.4 is 10.8 Å². The van der Waals surface area contributed by atoms with Crippen molar-refractivity contribution in [1.82, 2.24) is 9.55 Å². The molecule has 8 rings (SSSR count). The lowest BCUT2D eigenvalue weighted by atomic mass is 9.93. The fourth-order valence-electron chi connectivity index (χ4n) is 7.62. The van der Waals surface area contributed by atoms with Gasteiger partial charge in [-0.05, 0) is 36.6 Å². The molecule has 1 aliphatic heterocycles. The summed E-state index contributed by atoms with van der Waals surface area (Å²) in [5.74, 6) is -2.98. The zero-order chi connectivity index (χ0) is 44.2. The molecule has 4 aromatic carbocycles. The molecular formula is C46H28F12N4. The minimum Gasteiger partial charge on any atom is -0.275 e. The van der Waals surface area contributed by atoms with Crippen LogP contribution in [0.5, 0.6) is 0 Å². The van der Waals surface area contributed by atoms with Crippen molar-refractivity contribution in [3.63, 3.8) is 0 Å². The quantitative estimate of drug-likeness (QED) is 0.162. The van der Waals surface area contributed by atoms with Crippen LogP contribution in [-0.4, -0.2) is 33.3 Å². The van der Waals surface area contributed by atoms with Crippen molar-refractivity contribution >= 4 is 22.6 Å².